The molecule has 2 aromatic rings. The molecule has 0 saturated heterocycles. The number of nitrogens with one attached hydrogen (secondary N) is 1. The Bertz CT molecular complexity index is 810. The van der Waals surface area contributed by atoms with E-state index in [-0.39, 0.29) is 18.4 Å². The minimum atomic E-state index is -0.552. The largest absolute Gasteiger partial charge is 0.482 e. The van der Waals surface area contributed by atoms with Crippen molar-refractivity contribution in [3.63, 3.8) is 0 Å². The summed E-state index contributed by atoms with van der Waals surface area (Å²) in [5.74, 6) is 0.298. The van der Waals surface area contributed by atoms with Gasteiger partial charge in [0, 0.05) is 25.3 Å². The van der Waals surface area contributed by atoms with Crippen LogP contribution in [0, 0.1) is 0 Å². The van der Waals surface area contributed by atoms with Crippen LogP contribution >= 0.6 is 0 Å². The number of carbonyl (C=O) groups excluding carboxylic acids is 2. The molecule has 1 heterocycles. The maximum absolute atomic E-state index is 12.9. The van der Waals surface area contributed by atoms with Crippen LogP contribution in [0.2, 0.25) is 0 Å². The van der Waals surface area contributed by atoms with Gasteiger partial charge in [-0.2, -0.15) is 0 Å². The zero-order valence-electron chi connectivity index (χ0n) is 16.4. The summed E-state index contributed by atoms with van der Waals surface area (Å²) in [5, 5.41) is 3.00. The lowest BCUT2D eigenvalue weighted by Crippen LogP contribution is -2.53. The Hall–Kier alpha value is -3.02. The van der Waals surface area contributed by atoms with Gasteiger partial charge >= 0.3 is 0 Å². The number of nitrogens with zero attached hydrogens (tertiary/aromatic N) is 2. The molecule has 1 aliphatic rings. The number of carbonyl (C=O) groups is 2. The van der Waals surface area contributed by atoms with Crippen molar-refractivity contribution in [3.05, 3.63) is 54.6 Å². The number of hydrogen-bond acceptors (Lipinski definition) is 4. The SMILES string of the molecule is CC[C@@H](C(=O)NCCN(CC)c1ccccc1)N1C(=O)COc2ccccc21. The van der Waals surface area contributed by atoms with Crippen molar-refractivity contribution in [2.24, 2.45) is 0 Å². The summed E-state index contributed by atoms with van der Waals surface area (Å²) in [4.78, 5) is 29.1. The predicted molar refractivity (Wildman–Crippen MR) is 111 cm³/mol. The Balaban J connectivity index is 1.65. The van der Waals surface area contributed by atoms with E-state index in [4.69, 9.17) is 4.74 Å². The Morgan fingerprint density at radius 1 is 1.14 bits per heavy atom. The van der Waals surface area contributed by atoms with Gasteiger partial charge < -0.3 is 15.0 Å². The highest BCUT2D eigenvalue weighted by Gasteiger charge is 2.34. The molecule has 2 aromatic carbocycles. The summed E-state index contributed by atoms with van der Waals surface area (Å²) in [7, 11) is 0. The average Bonchev–Trinajstić information content (AvgIpc) is 2.74. The van der Waals surface area contributed by atoms with Crippen LogP contribution in [0.4, 0.5) is 11.4 Å². The van der Waals surface area contributed by atoms with E-state index in [0.717, 1.165) is 12.2 Å². The highest BCUT2D eigenvalue weighted by molar-refractivity contribution is 6.03. The van der Waals surface area contributed by atoms with Crippen molar-refractivity contribution in [2.45, 2.75) is 26.3 Å². The van der Waals surface area contributed by atoms with Gasteiger partial charge in [0.2, 0.25) is 5.91 Å². The molecule has 6 heteroatoms. The van der Waals surface area contributed by atoms with Crippen LogP contribution < -0.4 is 19.9 Å². The van der Waals surface area contributed by atoms with Crippen molar-refractivity contribution in [2.75, 3.05) is 36.0 Å². The first-order valence-corrected chi connectivity index (χ1v) is 9.77. The monoisotopic (exact) mass is 381 g/mol. The third kappa shape index (κ3) is 4.27. The second kappa shape index (κ2) is 9.26. The number of ether oxygens (including phenoxy) is 1. The summed E-state index contributed by atoms with van der Waals surface area (Å²) >= 11 is 0. The average molecular weight is 381 g/mol. The fraction of sp³-hybridized carbons (Fsp3) is 0.364. The zero-order valence-corrected chi connectivity index (χ0v) is 16.4. The lowest BCUT2D eigenvalue weighted by Gasteiger charge is -2.34. The molecule has 6 nitrogen and oxygen atoms in total. The summed E-state index contributed by atoms with van der Waals surface area (Å²) in [5.41, 5.74) is 1.78. The molecule has 148 valence electrons. The maximum atomic E-state index is 12.9. The fourth-order valence-electron chi connectivity index (χ4n) is 3.49. The number of likely N-dealkylation sites (N-methyl/N-ethyl adjacent to an activating group) is 1. The Kier molecular flexibility index (Phi) is 6.53. The van der Waals surface area contributed by atoms with Crippen molar-refractivity contribution < 1.29 is 14.3 Å². The quantitative estimate of drug-likeness (QED) is 0.764. The van der Waals surface area contributed by atoms with E-state index in [1.807, 2.05) is 49.4 Å². The molecule has 0 aliphatic carbocycles. The molecule has 0 saturated carbocycles. The van der Waals surface area contributed by atoms with Crippen LogP contribution in [0.15, 0.2) is 54.6 Å². The molecule has 3 rings (SSSR count). The molecule has 1 N–H and O–H groups in total. The Morgan fingerprint density at radius 3 is 2.57 bits per heavy atom. The van der Waals surface area contributed by atoms with Crippen LogP contribution in [-0.4, -0.2) is 44.1 Å². The fourth-order valence-corrected chi connectivity index (χ4v) is 3.49. The van der Waals surface area contributed by atoms with E-state index in [1.165, 1.54) is 0 Å². The molecular weight excluding hydrogens is 354 g/mol. The van der Waals surface area contributed by atoms with Gasteiger partial charge in [0.15, 0.2) is 6.61 Å². The van der Waals surface area contributed by atoms with E-state index < -0.39 is 6.04 Å². The van der Waals surface area contributed by atoms with Gasteiger partial charge in [0.25, 0.3) is 5.91 Å². The minimum Gasteiger partial charge on any atom is -0.482 e. The van der Waals surface area contributed by atoms with Crippen LogP contribution in [0.25, 0.3) is 0 Å². The molecule has 0 bridgehead atoms. The normalized spacial score (nSPS) is 14.1. The molecule has 1 aliphatic heterocycles. The topological polar surface area (TPSA) is 61.9 Å². The lowest BCUT2D eigenvalue weighted by atomic mass is 10.1. The molecule has 28 heavy (non-hydrogen) atoms. The Morgan fingerprint density at radius 2 is 1.86 bits per heavy atom. The van der Waals surface area contributed by atoms with Crippen LogP contribution in [-0.2, 0) is 9.59 Å². The molecule has 0 unspecified atom stereocenters. The van der Waals surface area contributed by atoms with Gasteiger partial charge in [-0.25, -0.2) is 0 Å². The van der Waals surface area contributed by atoms with Crippen LogP contribution in [0.1, 0.15) is 20.3 Å². The summed E-state index contributed by atoms with van der Waals surface area (Å²) in [6.07, 6.45) is 0.530. The van der Waals surface area contributed by atoms with Gasteiger partial charge in [-0.05, 0) is 37.6 Å². The van der Waals surface area contributed by atoms with Crippen molar-refractivity contribution >= 4 is 23.2 Å². The van der Waals surface area contributed by atoms with E-state index in [9.17, 15) is 9.59 Å². The predicted octanol–water partition coefficient (Wildman–Crippen LogP) is 2.83. The van der Waals surface area contributed by atoms with Crippen LogP contribution in [0.5, 0.6) is 5.75 Å². The smallest absolute Gasteiger partial charge is 0.265 e. The number of rotatable bonds is 8. The minimum absolute atomic E-state index is 0.0432. The molecule has 2 amide bonds. The molecular formula is C22H27N3O3. The third-order valence-electron chi connectivity index (χ3n) is 4.93. The summed E-state index contributed by atoms with van der Waals surface area (Å²) in [6.45, 7) is 6.03. The van der Waals surface area contributed by atoms with Crippen molar-refractivity contribution in [1.29, 1.82) is 0 Å². The molecule has 0 spiro atoms. The van der Waals surface area contributed by atoms with Gasteiger partial charge in [-0.1, -0.05) is 37.3 Å². The van der Waals surface area contributed by atoms with Gasteiger partial charge in [-0.15, -0.1) is 0 Å². The van der Waals surface area contributed by atoms with E-state index in [2.05, 4.69) is 29.3 Å². The maximum Gasteiger partial charge on any atom is 0.265 e. The number of fused-ring (bicyclic) bond motifs is 1. The van der Waals surface area contributed by atoms with E-state index in [1.54, 1.807) is 4.90 Å². The van der Waals surface area contributed by atoms with Gasteiger partial charge in [0.05, 0.1) is 5.69 Å². The highest BCUT2D eigenvalue weighted by atomic mass is 16.5. The number of amides is 2. The number of anilines is 2. The third-order valence-corrected chi connectivity index (χ3v) is 4.93. The first-order chi connectivity index (χ1) is 13.7. The first-order valence-electron chi connectivity index (χ1n) is 9.77. The second-order valence-electron chi connectivity index (χ2n) is 6.65. The number of hydrogen-bond donors (Lipinski definition) is 1. The van der Waals surface area contributed by atoms with E-state index in [0.29, 0.717) is 30.9 Å². The molecule has 0 radical (unpaired) electrons. The second-order valence-corrected chi connectivity index (χ2v) is 6.65. The highest BCUT2D eigenvalue weighted by Crippen LogP contribution is 2.33. The standard InChI is InChI=1S/C22H27N3O3/c1-3-18(25-19-12-8-9-13-20(19)28-16-21(25)26)22(27)23-14-15-24(4-2)17-10-6-5-7-11-17/h5-13,18H,3-4,14-16H2,1-2H3,(H,23,27)/t18-/m0/s1. The van der Waals surface area contributed by atoms with Gasteiger partial charge in [-0.3, -0.25) is 14.5 Å². The zero-order chi connectivity index (χ0) is 19.9. The van der Waals surface area contributed by atoms with Crippen molar-refractivity contribution in [3.8, 4) is 5.75 Å². The number of benzene rings is 2. The Labute approximate surface area is 166 Å². The summed E-state index contributed by atoms with van der Waals surface area (Å²) in [6, 6.07) is 16.9. The molecule has 0 fully saturated rings. The van der Waals surface area contributed by atoms with Crippen molar-refractivity contribution in [1.82, 2.24) is 5.32 Å². The van der Waals surface area contributed by atoms with Gasteiger partial charge in [0.1, 0.15) is 11.8 Å². The molecule has 0 aromatic heterocycles. The number of para-hydroxylation sites is 3. The van der Waals surface area contributed by atoms with Crippen LogP contribution in [0.3, 0.4) is 0 Å². The van der Waals surface area contributed by atoms with E-state index >= 15 is 0 Å². The molecule has 1 atom stereocenters. The first kappa shape index (κ1) is 19.7. The lowest BCUT2D eigenvalue weighted by molar-refractivity contribution is -0.127. The summed E-state index contributed by atoms with van der Waals surface area (Å²) < 4.78 is 5.49.